The molecule has 0 amide bonds. The zero-order chi connectivity index (χ0) is 12.8. The standard InChI is InChI=1S/C16H25N/c1-6-15-7-9-16(10-8-15)11-12-17(13(2)3)14(4)5/h6-10,13-14H,1,11-12H2,2-5H3. The van der Waals surface area contributed by atoms with Gasteiger partial charge in [0.05, 0.1) is 0 Å². The number of hydrogen-bond acceptors (Lipinski definition) is 1. The third-order valence-electron chi connectivity index (χ3n) is 3.20. The van der Waals surface area contributed by atoms with Crippen molar-refractivity contribution in [3.63, 3.8) is 0 Å². The first-order valence-corrected chi connectivity index (χ1v) is 6.51. The molecule has 1 heteroatoms. The van der Waals surface area contributed by atoms with Gasteiger partial charge in [-0.1, -0.05) is 36.9 Å². The van der Waals surface area contributed by atoms with Gasteiger partial charge in [0.15, 0.2) is 0 Å². The van der Waals surface area contributed by atoms with Gasteiger partial charge in [-0.05, 0) is 45.2 Å². The monoisotopic (exact) mass is 231 g/mol. The molecule has 0 radical (unpaired) electrons. The maximum Gasteiger partial charge on any atom is 0.00414 e. The van der Waals surface area contributed by atoms with Gasteiger partial charge >= 0.3 is 0 Å². The molecule has 1 nitrogen and oxygen atoms in total. The van der Waals surface area contributed by atoms with E-state index in [0.717, 1.165) is 13.0 Å². The van der Waals surface area contributed by atoms with Gasteiger partial charge in [0.1, 0.15) is 0 Å². The SMILES string of the molecule is C=Cc1ccc(CCN(C(C)C)C(C)C)cc1. The van der Waals surface area contributed by atoms with E-state index in [4.69, 9.17) is 0 Å². The fourth-order valence-corrected chi connectivity index (χ4v) is 2.19. The van der Waals surface area contributed by atoms with Crippen molar-refractivity contribution in [3.8, 4) is 0 Å². The Balaban J connectivity index is 2.56. The minimum Gasteiger partial charge on any atom is -0.298 e. The number of benzene rings is 1. The smallest absolute Gasteiger partial charge is 0.00414 e. The van der Waals surface area contributed by atoms with Crippen LogP contribution in [0.3, 0.4) is 0 Å². The van der Waals surface area contributed by atoms with Crippen molar-refractivity contribution in [2.75, 3.05) is 6.54 Å². The lowest BCUT2D eigenvalue weighted by Crippen LogP contribution is -2.38. The van der Waals surface area contributed by atoms with Gasteiger partial charge in [-0.3, -0.25) is 4.90 Å². The highest BCUT2D eigenvalue weighted by Gasteiger charge is 2.12. The summed E-state index contributed by atoms with van der Waals surface area (Å²) in [6.07, 6.45) is 3.01. The predicted molar refractivity (Wildman–Crippen MR) is 77.2 cm³/mol. The van der Waals surface area contributed by atoms with Crippen molar-refractivity contribution in [1.82, 2.24) is 4.90 Å². The minimum atomic E-state index is 0.613. The molecular formula is C16H25N. The minimum absolute atomic E-state index is 0.613. The van der Waals surface area contributed by atoms with Crippen molar-refractivity contribution in [2.24, 2.45) is 0 Å². The first-order valence-electron chi connectivity index (χ1n) is 6.51. The fourth-order valence-electron chi connectivity index (χ4n) is 2.19. The van der Waals surface area contributed by atoms with E-state index in [-0.39, 0.29) is 0 Å². The van der Waals surface area contributed by atoms with Gasteiger partial charge in [-0.25, -0.2) is 0 Å². The molecule has 0 saturated carbocycles. The maximum absolute atomic E-state index is 3.77. The molecular weight excluding hydrogens is 206 g/mol. The zero-order valence-corrected chi connectivity index (χ0v) is 11.6. The van der Waals surface area contributed by atoms with E-state index in [0.29, 0.717) is 12.1 Å². The number of hydrogen-bond donors (Lipinski definition) is 0. The van der Waals surface area contributed by atoms with Crippen LogP contribution < -0.4 is 0 Å². The molecule has 0 spiro atoms. The van der Waals surface area contributed by atoms with Crippen LogP contribution >= 0.6 is 0 Å². The van der Waals surface area contributed by atoms with E-state index in [2.05, 4.69) is 63.4 Å². The molecule has 0 aliphatic heterocycles. The van der Waals surface area contributed by atoms with Crippen LogP contribution in [0.2, 0.25) is 0 Å². The van der Waals surface area contributed by atoms with Crippen LogP contribution in [0.25, 0.3) is 6.08 Å². The average molecular weight is 231 g/mol. The van der Waals surface area contributed by atoms with Crippen LogP contribution in [-0.4, -0.2) is 23.5 Å². The molecule has 0 aliphatic rings. The Kier molecular flexibility index (Phi) is 5.43. The summed E-state index contributed by atoms with van der Waals surface area (Å²) in [5.74, 6) is 0. The molecule has 1 aromatic carbocycles. The predicted octanol–water partition coefficient (Wildman–Crippen LogP) is 3.99. The van der Waals surface area contributed by atoms with Gasteiger partial charge in [0.2, 0.25) is 0 Å². The first kappa shape index (κ1) is 14.0. The van der Waals surface area contributed by atoms with Crippen molar-refractivity contribution in [1.29, 1.82) is 0 Å². The summed E-state index contributed by atoms with van der Waals surface area (Å²) >= 11 is 0. The molecule has 0 aliphatic carbocycles. The van der Waals surface area contributed by atoms with Gasteiger partial charge < -0.3 is 0 Å². The summed E-state index contributed by atoms with van der Waals surface area (Å²) in [6.45, 7) is 14.0. The second-order valence-electron chi connectivity index (χ2n) is 5.12. The van der Waals surface area contributed by atoms with Crippen molar-refractivity contribution in [2.45, 2.75) is 46.2 Å². The van der Waals surface area contributed by atoms with Gasteiger partial charge in [0.25, 0.3) is 0 Å². The molecule has 0 atom stereocenters. The fraction of sp³-hybridized carbons (Fsp3) is 0.500. The normalized spacial score (nSPS) is 11.5. The summed E-state index contributed by atoms with van der Waals surface area (Å²) in [5, 5.41) is 0. The Morgan fingerprint density at radius 3 is 2.00 bits per heavy atom. The van der Waals surface area contributed by atoms with E-state index in [1.165, 1.54) is 11.1 Å². The lowest BCUT2D eigenvalue weighted by atomic mass is 10.1. The van der Waals surface area contributed by atoms with E-state index < -0.39 is 0 Å². The molecule has 0 saturated heterocycles. The summed E-state index contributed by atoms with van der Waals surface area (Å²) in [5.41, 5.74) is 2.60. The van der Waals surface area contributed by atoms with Crippen LogP contribution in [-0.2, 0) is 6.42 Å². The molecule has 1 rings (SSSR count). The van der Waals surface area contributed by atoms with Crippen LogP contribution in [0, 0.1) is 0 Å². The molecule has 0 bridgehead atoms. The van der Waals surface area contributed by atoms with Crippen LogP contribution in [0.15, 0.2) is 30.8 Å². The summed E-state index contributed by atoms with van der Waals surface area (Å²) in [7, 11) is 0. The lowest BCUT2D eigenvalue weighted by molar-refractivity contribution is 0.177. The molecule has 0 unspecified atom stereocenters. The van der Waals surface area contributed by atoms with E-state index >= 15 is 0 Å². The summed E-state index contributed by atoms with van der Waals surface area (Å²) < 4.78 is 0. The first-order chi connectivity index (χ1) is 8.04. The number of nitrogens with zero attached hydrogens (tertiary/aromatic N) is 1. The van der Waals surface area contributed by atoms with Crippen molar-refractivity contribution in [3.05, 3.63) is 42.0 Å². The highest BCUT2D eigenvalue weighted by atomic mass is 15.2. The maximum atomic E-state index is 3.77. The molecule has 94 valence electrons. The average Bonchev–Trinajstić information content (AvgIpc) is 2.29. The number of rotatable bonds is 6. The van der Waals surface area contributed by atoms with Crippen molar-refractivity contribution < 1.29 is 0 Å². The Labute approximate surface area is 106 Å². The van der Waals surface area contributed by atoms with Crippen molar-refractivity contribution >= 4 is 6.08 Å². The van der Waals surface area contributed by atoms with Crippen LogP contribution in [0.4, 0.5) is 0 Å². The Bertz CT molecular complexity index is 327. The van der Waals surface area contributed by atoms with Crippen LogP contribution in [0.5, 0.6) is 0 Å². The third-order valence-corrected chi connectivity index (χ3v) is 3.20. The quantitative estimate of drug-likeness (QED) is 0.715. The van der Waals surface area contributed by atoms with E-state index in [1.807, 2.05) is 6.08 Å². The molecule has 0 N–H and O–H groups in total. The highest BCUT2D eigenvalue weighted by Crippen LogP contribution is 2.10. The second kappa shape index (κ2) is 6.61. The topological polar surface area (TPSA) is 3.24 Å². The van der Waals surface area contributed by atoms with E-state index in [1.54, 1.807) is 0 Å². The third kappa shape index (κ3) is 4.35. The summed E-state index contributed by atoms with van der Waals surface area (Å²) in [4.78, 5) is 2.53. The Morgan fingerprint density at radius 1 is 1.06 bits per heavy atom. The lowest BCUT2D eigenvalue weighted by Gasteiger charge is -2.30. The summed E-state index contributed by atoms with van der Waals surface area (Å²) in [6, 6.07) is 9.91. The van der Waals surface area contributed by atoms with Gasteiger partial charge in [-0.15, -0.1) is 0 Å². The highest BCUT2D eigenvalue weighted by molar-refractivity contribution is 5.47. The van der Waals surface area contributed by atoms with Gasteiger partial charge in [-0.2, -0.15) is 0 Å². The zero-order valence-electron chi connectivity index (χ0n) is 11.6. The second-order valence-corrected chi connectivity index (χ2v) is 5.12. The molecule has 0 heterocycles. The van der Waals surface area contributed by atoms with Gasteiger partial charge in [0, 0.05) is 18.6 Å². The molecule has 0 aromatic heterocycles. The van der Waals surface area contributed by atoms with E-state index in [9.17, 15) is 0 Å². The Hall–Kier alpha value is -1.08. The van der Waals surface area contributed by atoms with Crippen LogP contribution in [0.1, 0.15) is 38.8 Å². The molecule has 1 aromatic rings. The largest absolute Gasteiger partial charge is 0.298 e. The molecule has 0 fully saturated rings. The Morgan fingerprint density at radius 2 is 1.59 bits per heavy atom. The molecule has 17 heavy (non-hydrogen) atoms.